The molecule has 0 aliphatic rings. The summed E-state index contributed by atoms with van der Waals surface area (Å²) < 4.78 is 8.27. The molecule has 0 aliphatic carbocycles. The Morgan fingerprint density at radius 1 is 1.09 bits per heavy atom. The molecule has 3 aromatic heterocycles. The minimum Gasteiger partial charge on any atom is -0.350 e. The Kier molecular flexibility index (Phi) is 4.98. The highest BCUT2D eigenvalue weighted by atomic mass is 16.5. The second kappa shape index (κ2) is 8.10. The smallest absolute Gasteiger partial charge is 0.278 e. The standard InChI is InChI=1S/C23H20N6O3/c1-15-26-20(32-27-15)13-28-14-25-21-17-9-5-6-10-18(17)29(22(21)23(28)31)12-19(30)24-11-16-7-3-2-4-8-16/h2-10,14H,11-13H2,1H3,(H,24,30). The number of nitrogens with one attached hydrogen (secondary N) is 1. The van der Waals surface area contributed by atoms with E-state index in [1.54, 1.807) is 11.5 Å². The number of hydrogen-bond donors (Lipinski definition) is 1. The molecule has 3 heterocycles. The van der Waals surface area contributed by atoms with Crippen molar-refractivity contribution in [1.82, 2.24) is 29.6 Å². The molecule has 9 nitrogen and oxygen atoms in total. The number of nitrogens with zero attached hydrogens (tertiary/aromatic N) is 5. The zero-order valence-electron chi connectivity index (χ0n) is 17.4. The van der Waals surface area contributed by atoms with Crippen LogP contribution in [0.3, 0.4) is 0 Å². The van der Waals surface area contributed by atoms with Gasteiger partial charge in [-0.05, 0) is 18.6 Å². The molecular formula is C23H20N6O3. The van der Waals surface area contributed by atoms with Crippen LogP contribution in [0.1, 0.15) is 17.3 Å². The van der Waals surface area contributed by atoms with E-state index in [4.69, 9.17) is 4.52 Å². The molecule has 32 heavy (non-hydrogen) atoms. The van der Waals surface area contributed by atoms with Crippen molar-refractivity contribution in [1.29, 1.82) is 0 Å². The number of benzene rings is 2. The number of hydrogen-bond acceptors (Lipinski definition) is 6. The van der Waals surface area contributed by atoms with E-state index in [9.17, 15) is 9.59 Å². The van der Waals surface area contributed by atoms with Gasteiger partial charge in [0, 0.05) is 11.9 Å². The highest BCUT2D eigenvalue weighted by Gasteiger charge is 2.19. The quantitative estimate of drug-likeness (QED) is 0.445. The van der Waals surface area contributed by atoms with Crippen LogP contribution in [0.25, 0.3) is 21.9 Å². The molecule has 0 aliphatic heterocycles. The van der Waals surface area contributed by atoms with Crippen molar-refractivity contribution in [2.45, 2.75) is 26.6 Å². The number of para-hydroxylation sites is 1. The highest BCUT2D eigenvalue weighted by molar-refractivity contribution is 6.06. The first-order chi connectivity index (χ1) is 15.6. The number of carbonyl (C=O) groups is 1. The Morgan fingerprint density at radius 2 is 1.88 bits per heavy atom. The molecule has 0 atom stereocenters. The summed E-state index contributed by atoms with van der Waals surface area (Å²) in [6.07, 6.45) is 1.47. The lowest BCUT2D eigenvalue weighted by Crippen LogP contribution is -2.29. The summed E-state index contributed by atoms with van der Waals surface area (Å²) in [6.45, 7) is 2.22. The molecule has 0 fully saturated rings. The van der Waals surface area contributed by atoms with Gasteiger partial charge in [-0.25, -0.2) is 4.98 Å². The molecule has 9 heteroatoms. The summed E-state index contributed by atoms with van der Waals surface area (Å²) in [7, 11) is 0. The van der Waals surface area contributed by atoms with E-state index < -0.39 is 0 Å². The van der Waals surface area contributed by atoms with Crippen molar-refractivity contribution in [3.8, 4) is 0 Å². The lowest BCUT2D eigenvalue weighted by Gasteiger charge is -2.09. The Balaban J connectivity index is 1.53. The number of fused-ring (bicyclic) bond motifs is 3. The molecule has 0 unspecified atom stereocenters. The van der Waals surface area contributed by atoms with E-state index in [2.05, 4.69) is 20.4 Å². The molecule has 1 amide bonds. The van der Waals surface area contributed by atoms with Gasteiger partial charge in [-0.1, -0.05) is 53.7 Å². The molecule has 0 radical (unpaired) electrons. The normalized spacial score (nSPS) is 11.3. The monoisotopic (exact) mass is 428 g/mol. The largest absolute Gasteiger partial charge is 0.350 e. The van der Waals surface area contributed by atoms with Gasteiger partial charge in [-0.2, -0.15) is 4.98 Å². The van der Waals surface area contributed by atoms with Crippen molar-refractivity contribution >= 4 is 27.8 Å². The Hall–Kier alpha value is -4.27. The summed E-state index contributed by atoms with van der Waals surface area (Å²) in [6, 6.07) is 17.2. The first-order valence-corrected chi connectivity index (χ1v) is 10.2. The number of aryl methyl sites for hydroxylation is 1. The Morgan fingerprint density at radius 3 is 2.66 bits per heavy atom. The second-order valence-corrected chi connectivity index (χ2v) is 7.48. The van der Waals surface area contributed by atoms with E-state index in [0.717, 1.165) is 16.5 Å². The third-order valence-electron chi connectivity index (χ3n) is 5.24. The van der Waals surface area contributed by atoms with Gasteiger partial charge < -0.3 is 14.4 Å². The van der Waals surface area contributed by atoms with Gasteiger partial charge in [0.1, 0.15) is 24.1 Å². The van der Waals surface area contributed by atoms with Crippen LogP contribution in [0.5, 0.6) is 0 Å². The fourth-order valence-electron chi connectivity index (χ4n) is 3.77. The third kappa shape index (κ3) is 3.64. The average molecular weight is 428 g/mol. The zero-order chi connectivity index (χ0) is 22.1. The minimum absolute atomic E-state index is 0.00253. The molecule has 5 aromatic rings. The number of rotatable bonds is 6. The van der Waals surface area contributed by atoms with Gasteiger partial charge in [-0.15, -0.1) is 0 Å². The van der Waals surface area contributed by atoms with Gasteiger partial charge >= 0.3 is 0 Å². The third-order valence-corrected chi connectivity index (χ3v) is 5.24. The fourth-order valence-corrected chi connectivity index (χ4v) is 3.77. The van der Waals surface area contributed by atoms with Crippen molar-refractivity contribution < 1.29 is 9.32 Å². The molecule has 0 spiro atoms. The van der Waals surface area contributed by atoms with E-state index in [0.29, 0.717) is 29.3 Å². The molecule has 160 valence electrons. The maximum absolute atomic E-state index is 13.4. The Labute approximate surface area is 182 Å². The van der Waals surface area contributed by atoms with Gasteiger partial charge in [0.25, 0.3) is 5.56 Å². The minimum atomic E-state index is -0.280. The lowest BCUT2D eigenvalue weighted by molar-refractivity contribution is -0.121. The average Bonchev–Trinajstić information content (AvgIpc) is 3.36. The van der Waals surface area contributed by atoms with Crippen molar-refractivity contribution in [3.63, 3.8) is 0 Å². The SMILES string of the molecule is Cc1noc(Cn2cnc3c4ccccc4n(CC(=O)NCc4ccccc4)c3c2=O)n1. The lowest BCUT2D eigenvalue weighted by atomic mass is 10.2. The summed E-state index contributed by atoms with van der Waals surface area (Å²) in [5, 5.41) is 7.50. The van der Waals surface area contributed by atoms with E-state index in [1.807, 2.05) is 54.6 Å². The maximum atomic E-state index is 13.4. The Bertz CT molecular complexity index is 1480. The topological polar surface area (TPSA) is 108 Å². The van der Waals surface area contributed by atoms with E-state index in [-0.39, 0.29) is 24.6 Å². The number of aromatic nitrogens is 5. The van der Waals surface area contributed by atoms with Gasteiger partial charge in [-0.3, -0.25) is 14.2 Å². The summed E-state index contributed by atoms with van der Waals surface area (Å²) in [5.41, 5.74) is 2.41. The molecule has 0 saturated carbocycles. The van der Waals surface area contributed by atoms with Crippen LogP contribution >= 0.6 is 0 Å². The maximum Gasteiger partial charge on any atom is 0.278 e. The molecule has 0 bridgehead atoms. The van der Waals surface area contributed by atoms with Crippen molar-refractivity contribution in [3.05, 3.63) is 88.6 Å². The first kappa shape index (κ1) is 19.7. The molecule has 2 aromatic carbocycles. The summed E-state index contributed by atoms with van der Waals surface area (Å²) in [4.78, 5) is 34.8. The van der Waals surface area contributed by atoms with E-state index in [1.165, 1.54) is 10.9 Å². The van der Waals surface area contributed by atoms with Crippen LogP contribution in [0.15, 0.2) is 70.2 Å². The van der Waals surface area contributed by atoms with Crippen LogP contribution in [0.2, 0.25) is 0 Å². The van der Waals surface area contributed by atoms with Crippen LogP contribution in [-0.4, -0.2) is 30.2 Å². The van der Waals surface area contributed by atoms with Crippen molar-refractivity contribution in [2.24, 2.45) is 0 Å². The van der Waals surface area contributed by atoms with Crippen LogP contribution in [-0.2, 0) is 24.4 Å². The zero-order valence-corrected chi connectivity index (χ0v) is 17.4. The molecule has 0 saturated heterocycles. The first-order valence-electron chi connectivity index (χ1n) is 10.2. The predicted molar refractivity (Wildman–Crippen MR) is 118 cm³/mol. The van der Waals surface area contributed by atoms with Gasteiger partial charge in [0.15, 0.2) is 5.82 Å². The second-order valence-electron chi connectivity index (χ2n) is 7.48. The van der Waals surface area contributed by atoms with Gasteiger partial charge in [0.05, 0.1) is 11.8 Å². The van der Waals surface area contributed by atoms with E-state index >= 15 is 0 Å². The van der Waals surface area contributed by atoms with Crippen molar-refractivity contribution in [2.75, 3.05) is 0 Å². The predicted octanol–water partition coefficient (Wildman–Crippen LogP) is 2.41. The fraction of sp³-hybridized carbons (Fsp3) is 0.174. The van der Waals surface area contributed by atoms with Gasteiger partial charge in [0.2, 0.25) is 11.8 Å². The van der Waals surface area contributed by atoms with Crippen LogP contribution in [0, 0.1) is 6.92 Å². The number of carbonyl (C=O) groups excluding carboxylic acids is 1. The molecule has 5 rings (SSSR count). The molecular weight excluding hydrogens is 408 g/mol. The van der Waals surface area contributed by atoms with Crippen LogP contribution in [0.4, 0.5) is 0 Å². The number of amides is 1. The molecule has 1 N–H and O–H groups in total. The van der Waals surface area contributed by atoms with Crippen LogP contribution < -0.4 is 10.9 Å². The summed E-state index contributed by atoms with van der Waals surface area (Å²) in [5.74, 6) is 0.610. The highest BCUT2D eigenvalue weighted by Crippen LogP contribution is 2.25. The summed E-state index contributed by atoms with van der Waals surface area (Å²) >= 11 is 0.